The minimum absolute atomic E-state index is 0.0516. The number of aliphatic imine (C=N–C) groups is 1. The Labute approximate surface area is 192 Å². The smallest absolute Gasteiger partial charge is 0.166 e. The minimum atomic E-state index is -0.238. The molecule has 0 saturated carbocycles. The minimum Gasteiger partial charge on any atom is -0.360 e. The van der Waals surface area contributed by atoms with Crippen molar-refractivity contribution in [2.45, 2.75) is 58.8 Å². The Morgan fingerprint density at radius 3 is 2.34 bits per heavy atom. The fraction of sp³-hybridized carbons (Fsp3) is 0.429. The third-order valence-electron chi connectivity index (χ3n) is 6.23. The molecule has 1 atom stereocenters. The van der Waals surface area contributed by atoms with Gasteiger partial charge in [-0.3, -0.25) is 4.79 Å². The molecule has 2 aromatic carbocycles. The van der Waals surface area contributed by atoms with Gasteiger partial charge in [-0.25, -0.2) is 9.38 Å². The molecule has 1 saturated heterocycles. The first-order chi connectivity index (χ1) is 15.1. The molecule has 170 valence electrons. The fourth-order valence-electron chi connectivity index (χ4n) is 4.23. The van der Waals surface area contributed by atoms with Crippen LogP contribution in [0.2, 0.25) is 0 Å². The average molecular weight is 435 g/mol. The van der Waals surface area contributed by atoms with E-state index >= 15 is 0 Å². The van der Waals surface area contributed by atoms with Gasteiger partial charge >= 0.3 is 0 Å². The van der Waals surface area contributed by atoms with Gasteiger partial charge in [-0.15, -0.1) is 0 Å². The number of Topliss-reactive ketones (excluding diaryl/α,β-unsaturated/α-hetero) is 1. The van der Waals surface area contributed by atoms with Crippen molar-refractivity contribution >= 4 is 11.6 Å². The van der Waals surface area contributed by atoms with Crippen LogP contribution in [0.5, 0.6) is 0 Å². The Balaban J connectivity index is 1.58. The molecular formula is C28H35FN2O. The molecule has 0 N–H and O–H groups in total. The number of hydrogen-bond acceptors (Lipinski definition) is 2. The first kappa shape index (κ1) is 23.9. The van der Waals surface area contributed by atoms with Crippen molar-refractivity contribution in [2.24, 2.45) is 10.9 Å². The van der Waals surface area contributed by atoms with E-state index in [9.17, 15) is 9.18 Å². The monoisotopic (exact) mass is 434 g/mol. The molecule has 0 aliphatic carbocycles. The lowest BCUT2D eigenvalue weighted by molar-refractivity contribution is 0.0909. The number of allylic oxidation sites excluding steroid dienone is 1. The van der Waals surface area contributed by atoms with E-state index in [0.29, 0.717) is 6.42 Å². The number of likely N-dealkylation sites (tertiary alicyclic amines) is 1. The maximum Gasteiger partial charge on any atom is 0.166 e. The fourth-order valence-corrected chi connectivity index (χ4v) is 4.23. The van der Waals surface area contributed by atoms with Gasteiger partial charge in [0, 0.05) is 36.7 Å². The van der Waals surface area contributed by atoms with Crippen molar-refractivity contribution in [2.75, 3.05) is 13.1 Å². The molecular weight excluding hydrogens is 399 g/mol. The van der Waals surface area contributed by atoms with Crippen LogP contribution in [-0.2, 0) is 11.8 Å². The zero-order valence-electron chi connectivity index (χ0n) is 19.8. The molecule has 1 aliphatic rings. The quantitative estimate of drug-likeness (QED) is 0.302. The van der Waals surface area contributed by atoms with Gasteiger partial charge in [0.1, 0.15) is 11.7 Å². The molecule has 32 heavy (non-hydrogen) atoms. The summed E-state index contributed by atoms with van der Waals surface area (Å²) < 4.78 is 13.1. The van der Waals surface area contributed by atoms with E-state index in [1.54, 1.807) is 12.1 Å². The standard InChI is InChI=1S/C28H35FN2O/c1-20(19-22-8-14-26(29)15-9-22)30-21(2)31-17-6-7-23(16-18-31)27(32)24-10-12-25(13-11-24)28(3,4)5/h8-15,23H,1,6-7,16-19H2,2-5H3. The van der Waals surface area contributed by atoms with E-state index in [1.807, 2.05) is 19.1 Å². The highest BCUT2D eigenvalue weighted by Gasteiger charge is 2.25. The molecule has 4 heteroatoms. The second-order valence-electron chi connectivity index (χ2n) is 9.83. The maximum atomic E-state index is 13.1. The molecule has 1 heterocycles. The summed E-state index contributed by atoms with van der Waals surface area (Å²) in [6, 6.07) is 14.6. The topological polar surface area (TPSA) is 32.7 Å². The highest BCUT2D eigenvalue weighted by atomic mass is 19.1. The molecule has 0 radical (unpaired) electrons. The van der Waals surface area contributed by atoms with Crippen molar-refractivity contribution in [1.29, 1.82) is 0 Å². The number of amidine groups is 1. The van der Waals surface area contributed by atoms with Gasteiger partial charge in [-0.2, -0.15) is 0 Å². The van der Waals surface area contributed by atoms with E-state index < -0.39 is 0 Å². The molecule has 1 aliphatic heterocycles. The normalized spacial score (nSPS) is 17.7. The molecule has 2 aromatic rings. The second kappa shape index (κ2) is 10.2. The summed E-state index contributed by atoms with van der Waals surface area (Å²) in [5.41, 5.74) is 3.89. The van der Waals surface area contributed by atoms with Crippen LogP contribution in [0.25, 0.3) is 0 Å². The third kappa shape index (κ3) is 6.38. The van der Waals surface area contributed by atoms with Gasteiger partial charge < -0.3 is 4.90 Å². The molecule has 3 rings (SSSR count). The zero-order chi connectivity index (χ0) is 23.3. The van der Waals surface area contributed by atoms with Crippen LogP contribution in [0.1, 0.15) is 68.4 Å². The molecule has 3 nitrogen and oxygen atoms in total. The number of nitrogens with zero attached hydrogens (tertiary/aromatic N) is 2. The molecule has 0 spiro atoms. The molecule has 1 unspecified atom stereocenters. The summed E-state index contributed by atoms with van der Waals surface area (Å²) in [6.45, 7) is 14.3. The van der Waals surface area contributed by atoms with E-state index in [2.05, 4.69) is 44.4 Å². The SMILES string of the molecule is C=C(Cc1ccc(F)cc1)N=C(C)N1CCCC(C(=O)c2ccc(C(C)(C)C)cc2)CC1. The van der Waals surface area contributed by atoms with Gasteiger partial charge in [-0.05, 0) is 54.9 Å². The number of benzene rings is 2. The number of hydrogen-bond donors (Lipinski definition) is 0. The van der Waals surface area contributed by atoms with Crippen LogP contribution in [0.15, 0.2) is 65.8 Å². The lowest BCUT2D eigenvalue weighted by Gasteiger charge is -2.22. The molecule has 0 aromatic heterocycles. The Morgan fingerprint density at radius 2 is 1.72 bits per heavy atom. The molecule has 1 fully saturated rings. The maximum absolute atomic E-state index is 13.1. The van der Waals surface area contributed by atoms with Crippen LogP contribution in [0.4, 0.5) is 4.39 Å². The highest BCUT2D eigenvalue weighted by molar-refractivity contribution is 5.98. The number of ketones is 1. The van der Waals surface area contributed by atoms with Gasteiger partial charge in [0.15, 0.2) is 5.78 Å². The Kier molecular flexibility index (Phi) is 7.65. The van der Waals surface area contributed by atoms with Gasteiger partial charge in [0.05, 0.1) is 0 Å². The average Bonchev–Trinajstić information content (AvgIpc) is 3.01. The Morgan fingerprint density at radius 1 is 1.06 bits per heavy atom. The van der Waals surface area contributed by atoms with Crippen molar-refractivity contribution in [3.8, 4) is 0 Å². The third-order valence-corrected chi connectivity index (χ3v) is 6.23. The van der Waals surface area contributed by atoms with Crippen LogP contribution in [-0.4, -0.2) is 29.6 Å². The van der Waals surface area contributed by atoms with Gasteiger partial charge in [0.2, 0.25) is 0 Å². The Hall–Kier alpha value is -2.75. The first-order valence-electron chi connectivity index (χ1n) is 11.5. The number of rotatable bonds is 5. The van der Waals surface area contributed by atoms with Crippen molar-refractivity contribution in [1.82, 2.24) is 4.90 Å². The first-order valence-corrected chi connectivity index (χ1v) is 11.5. The summed E-state index contributed by atoms with van der Waals surface area (Å²) in [7, 11) is 0. The molecule has 0 bridgehead atoms. The summed E-state index contributed by atoms with van der Waals surface area (Å²) in [5, 5.41) is 0. The largest absolute Gasteiger partial charge is 0.360 e. The van der Waals surface area contributed by atoms with Crippen LogP contribution in [0, 0.1) is 11.7 Å². The van der Waals surface area contributed by atoms with Crippen LogP contribution >= 0.6 is 0 Å². The highest BCUT2D eigenvalue weighted by Crippen LogP contribution is 2.26. The lowest BCUT2D eigenvalue weighted by Crippen LogP contribution is -2.30. The van der Waals surface area contributed by atoms with Crippen molar-refractivity contribution in [3.63, 3.8) is 0 Å². The second-order valence-corrected chi connectivity index (χ2v) is 9.83. The van der Waals surface area contributed by atoms with E-state index in [1.165, 1.54) is 17.7 Å². The Bertz CT molecular complexity index is 968. The van der Waals surface area contributed by atoms with E-state index in [-0.39, 0.29) is 22.9 Å². The van der Waals surface area contributed by atoms with Crippen molar-refractivity contribution < 1.29 is 9.18 Å². The number of carbonyl (C=O) groups is 1. The van der Waals surface area contributed by atoms with Crippen LogP contribution in [0.3, 0.4) is 0 Å². The van der Waals surface area contributed by atoms with Gasteiger partial charge in [0.25, 0.3) is 0 Å². The lowest BCUT2D eigenvalue weighted by atomic mass is 9.85. The summed E-state index contributed by atoms with van der Waals surface area (Å²) in [6.07, 6.45) is 3.29. The summed E-state index contributed by atoms with van der Waals surface area (Å²) in [5.74, 6) is 0.996. The van der Waals surface area contributed by atoms with Gasteiger partial charge in [-0.1, -0.05) is 63.7 Å². The van der Waals surface area contributed by atoms with Crippen LogP contribution < -0.4 is 0 Å². The predicted octanol–water partition coefficient (Wildman–Crippen LogP) is 6.58. The van der Waals surface area contributed by atoms with E-state index in [4.69, 9.17) is 4.99 Å². The number of carbonyl (C=O) groups excluding carboxylic acids is 1. The summed E-state index contributed by atoms with van der Waals surface area (Å²) >= 11 is 0. The predicted molar refractivity (Wildman–Crippen MR) is 131 cm³/mol. The molecule has 0 amide bonds. The zero-order valence-corrected chi connectivity index (χ0v) is 19.8. The summed E-state index contributed by atoms with van der Waals surface area (Å²) in [4.78, 5) is 20.1. The van der Waals surface area contributed by atoms with Crippen molar-refractivity contribution in [3.05, 3.63) is 83.3 Å². The number of halogens is 1. The van der Waals surface area contributed by atoms with E-state index in [0.717, 1.165) is 55.0 Å².